The first-order valence-electron chi connectivity index (χ1n) is 9.91. The third-order valence-corrected chi connectivity index (χ3v) is 6.78. The summed E-state index contributed by atoms with van der Waals surface area (Å²) in [5.41, 5.74) is 1.45. The Morgan fingerprint density at radius 3 is 2.53 bits per heavy atom. The van der Waals surface area contributed by atoms with Gasteiger partial charge in [-0.2, -0.15) is 0 Å². The number of benzene rings is 2. The quantitative estimate of drug-likeness (QED) is 0.727. The van der Waals surface area contributed by atoms with Gasteiger partial charge >= 0.3 is 0 Å². The van der Waals surface area contributed by atoms with Gasteiger partial charge in [-0.15, -0.1) is 0 Å². The van der Waals surface area contributed by atoms with Crippen LogP contribution in [0.15, 0.2) is 47.4 Å². The molecule has 30 heavy (non-hydrogen) atoms. The molecule has 1 fully saturated rings. The Morgan fingerprint density at radius 2 is 1.87 bits per heavy atom. The van der Waals surface area contributed by atoms with E-state index in [1.807, 2.05) is 6.92 Å². The number of nitrogens with one attached hydrogen (secondary N) is 1. The van der Waals surface area contributed by atoms with Gasteiger partial charge in [0.2, 0.25) is 10.0 Å². The van der Waals surface area contributed by atoms with Crippen molar-refractivity contribution >= 4 is 15.9 Å². The molecule has 162 valence electrons. The average Bonchev–Trinajstić information content (AvgIpc) is 2.77. The normalized spacial score (nSPS) is 16.9. The van der Waals surface area contributed by atoms with E-state index in [-0.39, 0.29) is 23.3 Å². The molecule has 1 aliphatic rings. The van der Waals surface area contributed by atoms with E-state index >= 15 is 0 Å². The Bertz CT molecular complexity index is 989. The van der Waals surface area contributed by atoms with Crippen LogP contribution >= 0.6 is 0 Å². The van der Waals surface area contributed by atoms with Crippen molar-refractivity contribution in [2.24, 2.45) is 5.92 Å². The highest BCUT2D eigenvalue weighted by atomic mass is 32.2. The van der Waals surface area contributed by atoms with Crippen LogP contribution in [0.2, 0.25) is 0 Å². The zero-order chi connectivity index (χ0) is 21.7. The summed E-state index contributed by atoms with van der Waals surface area (Å²) in [5, 5.41) is 0. The molecule has 1 unspecified atom stereocenters. The smallest absolute Gasteiger partial charge is 0.257 e. The molecule has 3 rings (SSSR count). The van der Waals surface area contributed by atoms with Gasteiger partial charge in [0.25, 0.3) is 5.91 Å². The Kier molecular flexibility index (Phi) is 6.99. The molecule has 0 spiro atoms. The predicted molar refractivity (Wildman–Crippen MR) is 115 cm³/mol. The molecule has 0 bridgehead atoms. The molecule has 1 amide bonds. The van der Waals surface area contributed by atoms with Crippen molar-refractivity contribution in [3.8, 4) is 11.5 Å². The number of methoxy groups -OCH3 is 2. The highest BCUT2D eigenvalue weighted by Gasteiger charge is 2.27. The number of rotatable bonds is 7. The van der Waals surface area contributed by atoms with Crippen LogP contribution in [-0.2, 0) is 10.0 Å². The van der Waals surface area contributed by atoms with Gasteiger partial charge in [0, 0.05) is 19.6 Å². The first-order valence-corrected chi connectivity index (χ1v) is 11.4. The number of carbonyl (C=O) groups excluding carboxylic acids is 1. The number of piperidine rings is 1. The molecule has 0 aliphatic carbocycles. The minimum absolute atomic E-state index is 0.0412. The fraction of sp³-hybridized carbons (Fsp3) is 0.409. The molecule has 1 atom stereocenters. The highest BCUT2D eigenvalue weighted by Crippen LogP contribution is 2.27. The van der Waals surface area contributed by atoms with Crippen LogP contribution in [0.5, 0.6) is 11.5 Å². The maximum Gasteiger partial charge on any atom is 0.257 e. The number of hydrogen-bond acceptors (Lipinski definition) is 5. The van der Waals surface area contributed by atoms with Crippen LogP contribution < -0.4 is 14.2 Å². The number of ether oxygens (including phenoxy) is 2. The first kappa shape index (κ1) is 22.1. The molecule has 7 nitrogen and oxygen atoms in total. The molecular formula is C22H28N2O5S. The van der Waals surface area contributed by atoms with E-state index in [0.717, 1.165) is 18.4 Å². The summed E-state index contributed by atoms with van der Waals surface area (Å²) in [7, 11) is -0.502. The predicted octanol–water partition coefficient (Wildman–Crippen LogP) is 2.84. The van der Waals surface area contributed by atoms with Crippen LogP contribution in [-0.4, -0.2) is 53.1 Å². The van der Waals surface area contributed by atoms with Crippen LogP contribution in [0.3, 0.4) is 0 Å². The molecule has 1 saturated heterocycles. The third kappa shape index (κ3) is 5.12. The van der Waals surface area contributed by atoms with Crippen molar-refractivity contribution < 1.29 is 22.7 Å². The van der Waals surface area contributed by atoms with Crippen LogP contribution in [0, 0.1) is 12.8 Å². The van der Waals surface area contributed by atoms with Crippen LogP contribution in [0.25, 0.3) is 0 Å². The number of likely N-dealkylation sites (tertiary alicyclic amines) is 1. The van der Waals surface area contributed by atoms with Crippen molar-refractivity contribution in [2.45, 2.75) is 24.7 Å². The lowest BCUT2D eigenvalue weighted by molar-refractivity contribution is 0.0672. The number of carbonyl (C=O) groups is 1. The summed E-state index contributed by atoms with van der Waals surface area (Å²) >= 11 is 0. The van der Waals surface area contributed by atoms with Crippen molar-refractivity contribution in [3.05, 3.63) is 53.6 Å². The topological polar surface area (TPSA) is 84.9 Å². The van der Waals surface area contributed by atoms with E-state index in [4.69, 9.17) is 9.47 Å². The lowest BCUT2D eigenvalue weighted by Crippen LogP contribution is -2.43. The summed E-state index contributed by atoms with van der Waals surface area (Å²) in [6.45, 7) is 3.31. The monoisotopic (exact) mass is 432 g/mol. The third-order valence-electron chi connectivity index (χ3n) is 5.34. The molecule has 1 heterocycles. The van der Waals surface area contributed by atoms with E-state index in [1.165, 1.54) is 7.11 Å². The van der Waals surface area contributed by atoms with E-state index < -0.39 is 10.0 Å². The number of aryl methyl sites for hydroxylation is 1. The molecule has 8 heteroatoms. The largest absolute Gasteiger partial charge is 0.497 e. The van der Waals surface area contributed by atoms with Gasteiger partial charge in [0.15, 0.2) is 0 Å². The van der Waals surface area contributed by atoms with E-state index in [1.54, 1.807) is 54.5 Å². The average molecular weight is 433 g/mol. The fourth-order valence-electron chi connectivity index (χ4n) is 3.60. The molecule has 1 N–H and O–H groups in total. The summed E-state index contributed by atoms with van der Waals surface area (Å²) in [5.74, 6) is 0.970. The molecule has 2 aromatic carbocycles. The minimum Gasteiger partial charge on any atom is -0.497 e. The molecule has 1 aliphatic heterocycles. The molecule has 0 radical (unpaired) electrons. The second kappa shape index (κ2) is 9.49. The van der Waals surface area contributed by atoms with Gasteiger partial charge in [0.1, 0.15) is 11.5 Å². The fourth-order valence-corrected chi connectivity index (χ4v) is 4.71. The number of nitrogens with zero attached hydrogens (tertiary/aromatic N) is 1. The maximum absolute atomic E-state index is 13.1. The molecule has 2 aromatic rings. The Labute approximate surface area is 178 Å². The summed E-state index contributed by atoms with van der Waals surface area (Å²) in [6.07, 6.45) is 1.67. The van der Waals surface area contributed by atoms with E-state index in [0.29, 0.717) is 30.2 Å². The molecule has 0 saturated carbocycles. The summed E-state index contributed by atoms with van der Waals surface area (Å²) in [4.78, 5) is 15.1. The van der Waals surface area contributed by atoms with E-state index in [9.17, 15) is 13.2 Å². The first-order chi connectivity index (χ1) is 14.3. The highest BCUT2D eigenvalue weighted by molar-refractivity contribution is 7.89. The summed E-state index contributed by atoms with van der Waals surface area (Å²) < 4.78 is 38.4. The van der Waals surface area contributed by atoms with Crippen LogP contribution in [0.1, 0.15) is 28.8 Å². The lowest BCUT2D eigenvalue weighted by Gasteiger charge is -2.33. The number of hydrogen-bond donors (Lipinski definition) is 1. The molecular weight excluding hydrogens is 404 g/mol. The zero-order valence-electron chi connectivity index (χ0n) is 17.6. The van der Waals surface area contributed by atoms with Gasteiger partial charge in [-0.3, -0.25) is 4.79 Å². The second-order valence-corrected chi connectivity index (χ2v) is 9.26. The standard InChI is InChI=1S/C22H28N2O5S/c1-16-6-9-19(10-7-16)30(26,27)23-14-17-5-4-12-24(15-17)22(25)20-13-18(28-2)8-11-21(20)29-3/h6-11,13,17,23H,4-5,12,14-15H2,1-3H3. The van der Waals surface area contributed by atoms with Crippen molar-refractivity contribution in [1.82, 2.24) is 9.62 Å². The van der Waals surface area contributed by atoms with Gasteiger partial charge in [-0.25, -0.2) is 13.1 Å². The van der Waals surface area contributed by atoms with Crippen molar-refractivity contribution in [2.75, 3.05) is 33.9 Å². The van der Waals surface area contributed by atoms with Gasteiger partial charge in [0.05, 0.1) is 24.7 Å². The van der Waals surface area contributed by atoms with Crippen LogP contribution in [0.4, 0.5) is 0 Å². The maximum atomic E-state index is 13.1. The summed E-state index contributed by atoms with van der Waals surface area (Å²) in [6, 6.07) is 11.9. The van der Waals surface area contributed by atoms with Gasteiger partial charge < -0.3 is 14.4 Å². The van der Waals surface area contributed by atoms with E-state index in [2.05, 4.69) is 4.72 Å². The van der Waals surface area contributed by atoms with Gasteiger partial charge in [-0.1, -0.05) is 17.7 Å². The van der Waals surface area contributed by atoms with Gasteiger partial charge in [-0.05, 0) is 56.0 Å². The number of amides is 1. The Morgan fingerprint density at radius 1 is 1.13 bits per heavy atom. The van der Waals surface area contributed by atoms with Crippen molar-refractivity contribution in [1.29, 1.82) is 0 Å². The number of sulfonamides is 1. The SMILES string of the molecule is COc1ccc(OC)c(C(=O)N2CCCC(CNS(=O)(=O)c3ccc(C)cc3)C2)c1. The molecule has 0 aromatic heterocycles. The van der Waals surface area contributed by atoms with Crippen molar-refractivity contribution in [3.63, 3.8) is 0 Å². The minimum atomic E-state index is -3.58. The Hall–Kier alpha value is -2.58. The lowest BCUT2D eigenvalue weighted by atomic mass is 9.97. The Balaban J connectivity index is 1.67. The second-order valence-electron chi connectivity index (χ2n) is 7.49. The zero-order valence-corrected chi connectivity index (χ0v) is 18.4.